The van der Waals surface area contributed by atoms with E-state index in [0.717, 1.165) is 11.6 Å². The zero-order valence-corrected chi connectivity index (χ0v) is 10.6. The van der Waals surface area contributed by atoms with Crippen LogP contribution in [-0.2, 0) is 14.4 Å². The van der Waals surface area contributed by atoms with Crippen LogP contribution in [-0.4, -0.2) is 28.9 Å². The minimum atomic E-state index is -1.01. The predicted octanol–water partition coefficient (Wildman–Crippen LogP) is 1.00. The van der Waals surface area contributed by atoms with Gasteiger partial charge in [0.05, 0.1) is 0 Å². The topological polar surface area (TPSA) is 95.5 Å². The Morgan fingerprint density at radius 1 is 1.30 bits per heavy atom. The summed E-state index contributed by atoms with van der Waals surface area (Å²) in [5.74, 6) is -1.37. The van der Waals surface area contributed by atoms with Gasteiger partial charge >= 0.3 is 5.97 Å². The lowest BCUT2D eigenvalue weighted by atomic mass is 10.1. The first kappa shape index (κ1) is 13.8. The molecule has 20 heavy (non-hydrogen) atoms. The number of amides is 2. The van der Waals surface area contributed by atoms with Crippen molar-refractivity contribution in [2.75, 3.05) is 5.32 Å². The average molecular weight is 274 g/mol. The molecule has 0 saturated carbocycles. The molecule has 0 aliphatic carbocycles. The highest BCUT2D eigenvalue weighted by atomic mass is 16.4. The fourth-order valence-electron chi connectivity index (χ4n) is 1.89. The molecule has 104 valence electrons. The Hall–Kier alpha value is -2.63. The van der Waals surface area contributed by atoms with Crippen LogP contribution in [0.5, 0.6) is 0 Å². The normalized spacial score (nSPS) is 18.0. The maximum absolute atomic E-state index is 11.8. The standard InChI is InChI=1S/C14H14N2O4/c17-12-7-6-11(16-12)14(20)15-10-4-1-9(2-5-10)3-8-13(18)19/h1-5,8,11H,6-7H2,(H,15,20)(H,16,17)(H,18,19)/b8-3+/t11-/m0/s1. The van der Waals surface area contributed by atoms with E-state index in [-0.39, 0.29) is 11.8 Å². The van der Waals surface area contributed by atoms with Crippen LogP contribution in [0.1, 0.15) is 18.4 Å². The molecule has 6 nitrogen and oxygen atoms in total. The monoisotopic (exact) mass is 274 g/mol. The number of anilines is 1. The third-order valence-corrected chi connectivity index (χ3v) is 2.91. The van der Waals surface area contributed by atoms with E-state index in [2.05, 4.69) is 10.6 Å². The molecule has 1 heterocycles. The number of aliphatic carboxylic acids is 1. The van der Waals surface area contributed by atoms with Crippen molar-refractivity contribution in [1.29, 1.82) is 0 Å². The van der Waals surface area contributed by atoms with Crippen molar-refractivity contribution in [2.24, 2.45) is 0 Å². The molecular formula is C14H14N2O4. The Morgan fingerprint density at radius 2 is 2.00 bits per heavy atom. The lowest BCUT2D eigenvalue weighted by Crippen LogP contribution is -2.37. The average Bonchev–Trinajstić information content (AvgIpc) is 2.85. The van der Waals surface area contributed by atoms with Crippen LogP contribution in [0.25, 0.3) is 6.08 Å². The van der Waals surface area contributed by atoms with E-state index >= 15 is 0 Å². The Morgan fingerprint density at radius 3 is 2.55 bits per heavy atom. The summed E-state index contributed by atoms with van der Waals surface area (Å²) < 4.78 is 0. The van der Waals surface area contributed by atoms with Crippen molar-refractivity contribution >= 4 is 29.5 Å². The Bertz CT molecular complexity index is 563. The van der Waals surface area contributed by atoms with E-state index in [0.29, 0.717) is 18.5 Å². The second-order valence-corrected chi connectivity index (χ2v) is 4.44. The lowest BCUT2D eigenvalue weighted by molar-refractivity contribution is -0.131. The number of carboxylic acids is 1. The second kappa shape index (κ2) is 6.01. The molecule has 1 aliphatic rings. The van der Waals surface area contributed by atoms with Crippen molar-refractivity contribution in [2.45, 2.75) is 18.9 Å². The Labute approximate surface area is 115 Å². The van der Waals surface area contributed by atoms with Gasteiger partial charge in [0.15, 0.2) is 0 Å². The number of nitrogens with one attached hydrogen (secondary N) is 2. The SMILES string of the molecule is O=C(O)/C=C/c1ccc(NC(=O)[C@@H]2CCC(=O)N2)cc1. The van der Waals surface area contributed by atoms with Gasteiger partial charge in [0.25, 0.3) is 0 Å². The van der Waals surface area contributed by atoms with Crippen molar-refractivity contribution in [1.82, 2.24) is 5.32 Å². The van der Waals surface area contributed by atoms with Gasteiger partial charge in [-0.3, -0.25) is 9.59 Å². The summed E-state index contributed by atoms with van der Waals surface area (Å²) in [4.78, 5) is 33.3. The number of hydrogen-bond donors (Lipinski definition) is 3. The predicted molar refractivity (Wildman–Crippen MR) is 72.9 cm³/mol. The summed E-state index contributed by atoms with van der Waals surface area (Å²) in [6.07, 6.45) is 3.38. The van der Waals surface area contributed by atoms with E-state index in [1.807, 2.05) is 0 Å². The van der Waals surface area contributed by atoms with Crippen LogP contribution in [0.15, 0.2) is 30.3 Å². The first-order chi connectivity index (χ1) is 9.54. The molecule has 0 radical (unpaired) electrons. The van der Waals surface area contributed by atoms with Crippen molar-refractivity contribution in [3.63, 3.8) is 0 Å². The molecule has 3 N–H and O–H groups in total. The van der Waals surface area contributed by atoms with Crippen molar-refractivity contribution < 1.29 is 19.5 Å². The zero-order valence-electron chi connectivity index (χ0n) is 10.6. The van der Waals surface area contributed by atoms with Gasteiger partial charge < -0.3 is 15.7 Å². The molecule has 1 saturated heterocycles. The minimum Gasteiger partial charge on any atom is -0.478 e. The van der Waals surface area contributed by atoms with Crippen LogP contribution in [0.3, 0.4) is 0 Å². The fraction of sp³-hybridized carbons (Fsp3) is 0.214. The number of carbonyl (C=O) groups is 3. The lowest BCUT2D eigenvalue weighted by Gasteiger charge is -2.10. The summed E-state index contributed by atoms with van der Waals surface area (Å²) in [7, 11) is 0. The summed E-state index contributed by atoms with van der Waals surface area (Å²) in [6, 6.07) is 6.27. The molecule has 2 amide bonds. The number of carboxylic acid groups (broad SMARTS) is 1. The van der Waals surface area contributed by atoms with Crippen LogP contribution in [0.2, 0.25) is 0 Å². The Kier molecular flexibility index (Phi) is 4.14. The Balaban J connectivity index is 1.95. The van der Waals surface area contributed by atoms with Crippen LogP contribution in [0, 0.1) is 0 Å². The highest BCUT2D eigenvalue weighted by molar-refractivity contribution is 5.99. The van der Waals surface area contributed by atoms with E-state index in [1.165, 1.54) is 6.08 Å². The zero-order chi connectivity index (χ0) is 14.5. The van der Waals surface area contributed by atoms with Crippen LogP contribution in [0.4, 0.5) is 5.69 Å². The van der Waals surface area contributed by atoms with Gasteiger partial charge in [-0.05, 0) is 30.2 Å². The quantitative estimate of drug-likeness (QED) is 0.714. The summed E-state index contributed by atoms with van der Waals surface area (Å²) in [6.45, 7) is 0. The first-order valence-electron chi connectivity index (χ1n) is 6.16. The number of carbonyl (C=O) groups excluding carboxylic acids is 2. The van der Waals surface area contributed by atoms with Gasteiger partial charge in [0, 0.05) is 18.2 Å². The molecule has 1 fully saturated rings. The van der Waals surface area contributed by atoms with Gasteiger partial charge in [-0.1, -0.05) is 12.1 Å². The van der Waals surface area contributed by atoms with E-state index < -0.39 is 12.0 Å². The molecular weight excluding hydrogens is 260 g/mol. The second-order valence-electron chi connectivity index (χ2n) is 4.44. The molecule has 2 rings (SSSR count). The highest BCUT2D eigenvalue weighted by Crippen LogP contribution is 2.13. The van der Waals surface area contributed by atoms with Gasteiger partial charge in [-0.15, -0.1) is 0 Å². The summed E-state index contributed by atoms with van der Waals surface area (Å²) in [5, 5.41) is 13.8. The van der Waals surface area contributed by atoms with Crippen molar-refractivity contribution in [3.05, 3.63) is 35.9 Å². The minimum absolute atomic E-state index is 0.112. The molecule has 0 bridgehead atoms. The van der Waals surface area contributed by atoms with Gasteiger partial charge in [-0.25, -0.2) is 4.79 Å². The highest BCUT2D eigenvalue weighted by Gasteiger charge is 2.26. The van der Waals surface area contributed by atoms with Crippen LogP contribution < -0.4 is 10.6 Å². The smallest absolute Gasteiger partial charge is 0.328 e. The number of hydrogen-bond acceptors (Lipinski definition) is 3. The molecule has 1 aromatic rings. The number of rotatable bonds is 4. The molecule has 1 aromatic carbocycles. The van der Waals surface area contributed by atoms with Crippen molar-refractivity contribution in [3.8, 4) is 0 Å². The fourth-order valence-corrected chi connectivity index (χ4v) is 1.89. The molecule has 0 spiro atoms. The maximum atomic E-state index is 11.8. The van der Waals surface area contributed by atoms with E-state index in [4.69, 9.17) is 5.11 Å². The van der Waals surface area contributed by atoms with E-state index in [9.17, 15) is 14.4 Å². The molecule has 1 atom stereocenters. The summed E-state index contributed by atoms with van der Waals surface area (Å²) in [5.41, 5.74) is 1.32. The number of benzene rings is 1. The summed E-state index contributed by atoms with van der Waals surface area (Å²) >= 11 is 0. The third kappa shape index (κ3) is 3.68. The van der Waals surface area contributed by atoms with E-state index in [1.54, 1.807) is 24.3 Å². The molecule has 0 unspecified atom stereocenters. The van der Waals surface area contributed by atoms with Gasteiger partial charge in [-0.2, -0.15) is 0 Å². The largest absolute Gasteiger partial charge is 0.478 e. The van der Waals surface area contributed by atoms with Gasteiger partial charge in [0.2, 0.25) is 11.8 Å². The van der Waals surface area contributed by atoms with Crippen LogP contribution >= 0.6 is 0 Å². The third-order valence-electron chi connectivity index (χ3n) is 2.91. The first-order valence-corrected chi connectivity index (χ1v) is 6.16. The van der Waals surface area contributed by atoms with Gasteiger partial charge in [0.1, 0.15) is 6.04 Å². The molecule has 6 heteroatoms. The molecule has 1 aliphatic heterocycles. The molecule has 0 aromatic heterocycles. The maximum Gasteiger partial charge on any atom is 0.328 e.